The van der Waals surface area contributed by atoms with E-state index >= 15 is 0 Å². The Morgan fingerprint density at radius 1 is 1.02 bits per heavy atom. The van der Waals surface area contributed by atoms with Crippen LogP contribution in [0.2, 0.25) is 5.02 Å². The van der Waals surface area contributed by atoms with Crippen LogP contribution in [0.25, 0.3) is 0 Å². The highest BCUT2D eigenvalue weighted by atomic mass is 35.5. The fourth-order valence-electron chi connectivity index (χ4n) is 7.04. The maximum absolute atomic E-state index is 14.5. The van der Waals surface area contributed by atoms with Crippen molar-refractivity contribution in [3.63, 3.8) is 0 Å². The van der Waals surface area contributed by atoms with Gasteiger partial charge in [-0.15, -0.1) is 0 Å². The van der Waals surface area contributed by atoms with Crippen LogP contribution in [0, 0.1) is 12.8 Å². The number of halogens is 1. The number of imidazole rings is 1. The minimum atomic E-state index is -0.668. The van der Waals surface area contributed by atoms with Crippen LogP contribution in [0.4, 0.5) is 4.79 Å². The van der Waals surface area contributed by atoms with Crippen LogP contribution in [0.3, 0.4) is 0 Å². The lowest BCUT2D eigenvalue weighted by Crippen LogP contribution is -2.63. The maximum atomic E-state index is 14.5. The van der Waals surface area contributed by atoms with Crippen molar-refractivity contribution < 1.29 is 14.3 Å². The molecular formula is C34H43ClN6O3. The van der Waals surface area contributed by atoms with E-state index in [-0.39, 0.29) is 11.9 Å². The standard InChI is InChI=1S/C34H43ClN6O3/c1-23-36-14-16-38(23)20-24-7-6-15-40(21-24)32(42)29-22-39(17-18-41(29)33(43)44-34(2,3)4)31-28-12-11-27(35)19-26(28)10-9-25-8-5-13-37-30(25)31/h5,8,11-14,16,19,24,29,31H,6-7,9-10,15,17-18,20-22H2,1-4H3/t24-,29+,31?/m0/s1. The number of benzene rings is 1. The molecule has 2 fully saturated rings. The van der Waals surface area contributed by atoms with Crippen molar-refractivity contribution in [1.82, 2.24) is 29.2 Å². The average Bonchev–Trinajstić information content (AvgIpc) is 3.32. The van der Waals surface area contributed by atoms with Gasteiger partial charge in [0.25, 0.3) is 0 Å². The SMILES string of the molecule is Cc1nccn1C[C@@H]1CCCN(C(=O)[C@H]2CN(C3c4ccc(Cl)cc4CCc4cccnc43)CCN2C(=O)OC(C)(C)C)C1. The molecule has 4 heterocycles. The van der Waals surface area contributed by atoms with E-state index in [0.717, 1.165) is 54.3 Å². The van der Waals surface area contributed by atoms with Crippen LogP contribution < -0.4 is 0 Å². The van der Waals surface area contributed by atoms with Crippen LogP contribution in [0.5, 0.6) is 0 Å². The van der Waals surface area contributed by atoms with Gasteiger partial charge in [-0.1, -0.05) is 23.7 Å². The summed E-state index contributed by atoms with van der Waals surface area (Å²) in [5.41, 5.74) is 3.92. The third-order valence-electron chi connectivity index (χ3n) is 9.15. The number of amides is 2. The van der Waals surface area contributed by atoms with E-state index in [2.05, 4.69) is 32.7 Å². The molecule has 10 heteroatoms. The molecule has 0 saturated carbocycles. The van der Waals surface area contributed by atoms with Gasteiger partial charge >= 0.3 is 6.09 Å². The molecule has 3 aliphatic rings. The number of hydrogen-bond donors (Lipinski definition) is 0. The minimum absolute atomic E-state index is 0.0150. The van der Waals surface area contributed by atoms with Gasteiger partial charge in [-0.3, -0.25) is 19.6 Å². The molecule has 9 nitrogen and oxygen atoms in total. The van der Waals surface area contributed by atoms with Crippen LogP contribution >= 0.6 is 11.6 Å². The molecule has 2 aliphatic heterocycles. The molecule has 2 aromatic heterocycles. The van der Waals surface area contributed by atoms with Crippen molar-refractivity contribution >= 4 is 23.6 Å². The van der Waals surface area contributed by atoms with Crippen molar-refractivity contribution in [2.75, 3.05) is 32.7 Å². The summed E-state index contributed by atoms with van der Waals surface area (Å²) in [5, 5.41) is 0.717. The number of nitrogens with zero attached hydrogens (tertiary/aromatic N) is 6. The molecule has 0 N–H and O–H groups in total. The normalized spacial score (nSPS) is 22.6. The summed E-state index contributed by atoms with van der Waals surface area (Å²) >= 11 is 6.45. The van der Waals surface area contributed by atoms with E-state index in [1.165, 1.54) is 11.1 Å². The van der Waals surface area contributed by atoms with Crippen molar-refractivity contribution in [1.29, 1.82) is 0 Å². The lowest BCUT2D eigenvalue weighted by molar-refractivity contribution is -0.141. The van der Waals surface area contributed by atoms with E-state index < -0.39 is 17.7 Å². The van der Waals surface area contributed by atoms with Gasteiger partial charge in [0.1, 0.15) is 17.5 Å². The van der Waals surface area contributed by atoms with E-state index in [9.17, 15) is 9.59 Å². The summed E-state index contributed by atoms with van der Waals surface area (Å²) in [6.07, 6.45) is 8.97. The molecule has 1 aliphatic carbocycles. The number of rotatable bonds is 4. The summed E-state index contributed by atoms with van der Waals surface area (Å²) in [4.78, 5) is 43.3. The fourth-order valence-corrected chi connectivity index (χ4v) is 7.24. The zero-order valence-electron chi connectivity index (χ0n) is 26.2. The molecule has 234 valence electrons. The fraction of sp³-hybridized carbons (Fsp3) is 0.529. The molecule has 1 aromatic carbocycles. The van der Waals surface area contributed by atoms with Gasteiger partial charge in [0.05, 0.1) is 11.7 Å². The van der Waals surface area contributed by atoms with E-state index in [1.807, 2.05) is 63.3 Å². The first-order chi connectivity index (χ1) is 21.1. The van der Waals surface area contributed by atoms with Gasteiger partial charge < -0.3 is 14.2 Å². The number of ether oxygens (including phenoxy) is 1. The second kappa shape index (κ2) is 12.5. The lowest BCUT2D eigenvalue weighted by Gasteiger charge is -2.46. The molecule has 0 radical (unpaired) electrons. The summed E-state index contributed by atoms with van der Waals surface area (Å²) in [5.74, 6) is 1.29. The minimum Gasteiger partial charge on any atom is -0.444 e. The molecular weight excluding hydrogens is 576 g/mol. The molecule has 1 unspecified atom stereocenters. The highest BCUT2D eigenvalue weighted by Crippen LogP contribution is 2.38. The van der Waals surface area contributed by atoms with Crippen LogP contribution in [0.1, 0.15) is 67.9 Å². The summed E-state index contributed by atoms with van der Waals surface area (Å²) in [7, 11) is 0. The molecule has 2 amide bonds. The highest BCUT2D eigenvalue weighted by Gasteiger charge is 2.43. The van der Waals surface area contributed by atoms with Gasteiger partial charge in [-0.2, -0.15) is 0 Å². The largest absolute Gasteiger partial charge is 0.444 e. The smallest absolute Gasteiger partial charge is 0.411 e. The predicted molar refractivity (Wildman–Crippen MR) is 170 cm³/mol. The number of piperidine rings is 1. The second-order valence-electron chi connectivity index (χ2n) is 13.4. The zero-order valence-corrected chi connectivity index (χ0v) is 27.0. The molecule has 44 heavy (non-hydrogen) atoms. The monoisotopic (exact) mass is 618 g/mol. The third kappa shape index (κ3) is 6.49. The summed E-state index contributed by atoms with van der Waals surface area (Å²) in [6.45, 7) is 11.1. The number of piperazine rings is 1. The number of aromatic nitrogens is 3. The van der Waals surface area contributed by atoms with Gasteiger partial charge in [0.15, 0.2) is 0 Å². The zero-order chi connectivity index (χ0) is 31.0. The Hall–Kier alpha value is -3.43. The molecule has 3 aromatic rings. The Labute approximate surface area is 265 Å². The average molecular weight is 619 g/mol. The van der Waals surface area contributed by atoms with Crippen LogP contribution in [-0.2, 0) is 28.9 Å². The molecule has 6 rings (SSSR count). The van der Waals surface area contributed by atoms with Gasteiger partial charge in [0.2, 0.25) is 5.91 Å². The second-order valence-corrected chi connectivity index (χ2v) is 13.8. The number of carbonyl (C=O) groups excluding carboxylic acids is 2. The van der Waals surface area contributed by atoms with Crippen molar-refractivity contribution in [2.24, 2.45) is 5.92 Å². The van der Waals surface area contributed by atoms with E-state index in [0.29, 0.717) is 38.6 Å². The summed E-state index contributed by atoms with van der Waals surface area (Å²) in [6, 6.07) is 9.44. The topological polar surface area (TPSA) is 83.8 Å². The van der Waals surface area contributed by atoms with Gasteiger partial charge in [0, 0.05) is 62.9 Å². The van der Waals surface area contributed by atoms with E-state index in [4.69, 9.17) is 21.3 Å². The quantitative estimate of drug-likeness (QED) is 0.395. The third-order valence-corrected chi connectivity index (χ3v) is 9.38. The van der Waals surface area contributed by atoms with Crippen molar-refractivity contribution in [3.8, 4) is 0 Å². The number of pyridine rings is 1. The number of fused-ring (bicyclic) bond motifs is 2. The molecule has 3 atom stereocenters. The maximum Gasteiger partial charge on any atom is 0.411 e. The van der Waals surface area contributed by atoms with Crippen LogP contribution in [-0.4, -0.2) is 85.6 Å². The lowest BCUT2D eigenvalue weighted by atomic mass is 9.94. The van der Waals surface area contributed by atoms with Gasteiger partial charge in [-0.05, 0) is 94.2 Å². The number of carbonyl (C=O) groups is 2. The molecule has 0 spiro atoms. The Morgan fingerprint density at radius 2 is 1.84 bits per heavy atom. The van der Waals surface area contributed by atoms with Crippen molar-refractivity contribution in [2.45, 2.75) is 77.6 Å². The molecule has 0 bridgehead atoms. The first-order valence-corrected chi connectivity index (χ1v) is 16.2. The Balaban J connectivity index is 1.31. The van der Waals surface area contributed by atoms with Gasteiger partial charge in [-0.25, -0.2) is 9.78 Å². The highest BCUT2D eigenvalue weighted by molar-refractivity contribution is 6.30. The first kappa shape index (κ1) is 30.6. The van der Waals surface area contributed by atoms with E-state index in [1.54, 1.807) is 4.90 Å². The van der Waals surface area contributed by atoms with Crippen LogP contribution in [0.15, 0.2) is 48.9 Å². The summed E-state index contributed by atoms with van der Waals surface area (Å²) < 4.78 is 8.00. The predicted octanol–water partition coefficient (Wildman–Crippen LogP) is 5.29. The Bertz CT molecular complexity index is 1520. The van der Waals surface area contributed by atoms with Crippen molar-refractivity contribution in [3.05, 3.63) is 82.2 Å². The number of likely N-dealkylation sites (tertiary alicyclic amines) is 1. The first-order valence-electron chi connectivity index (χ1n) is 15.8. The number of aryl methyl sites for hydroxylation is 3. The Morgan fingerprint density at radius 3 is 2.61 bits per heavy atom. The Kier molecular flexibility index (Phi) is 8.70. The molecule has 2 saturated heterocycles. The number of hydrogen-bond acceptors (Lipinski definition) is 6.